The molecule has 0 radical (unpaired) electrons. The van der Waals surface area contributed by atoms with Crippen molar-refractivity contribution < 1.29 is 9.90 Å². The second kappa shape index (κ2) is 5.12. The number of hydrogen-bond acceptors (Lipinski definition) is 3. The summed E-state index contributed by atoms with van der Waals surface area (Å²) < 4.78 is 0. The van der Waals surface area contributed by atoms with Crippen LogP contribution >= 0.6 is 0 Å². The topological polar surface area (TPSA) is 43.8 Å². The van der Waals surface area contributed by atoms with E-state index in [9.17, 15) is 4.79 Å². The Balaban J connectivity index is 2.56. The van der Waals surface area contributed by atoms with Crippen LogP contribution in [-0.2, 0) is 4.79 Å². The van der Waals surface area contributed by atoms with Gasteiger partial charge < -0.3 is 10.0 Å². The molecule has 1 aliphatic rings. The standard InChI is InChI=1S/C10H18N2O2/c1-3-10(14)12-6-5-11(4-2)9(7-12)8-13/h3,9,13H,1,4-8H2,2H3. The number of hydrogen-bond donors (Lipinski definition) is 1. The molecule has 1 aliphatic heterocycles. The Hall–Kier alpha value is -0.870. The number of aliphatic hydroxyl groups excluding tert-OH is 1. The molecule has 0 aliphatic carbocycles. The van der Waals surface area contributed by atoms with Gasteiger partial charge >= 0.3 is 0 Å². The molecule has 0 saturated carbocycles. The number of amides is 1. The Morgan fingerprint density at radius 2 is 2.36 bits per heavy atom. The number of likely N-dealkylation sites (N-methyl/N-ethyl adjacent to an activating group) is 1. The van der Waals surface area contributed by atoms with Gasteiger partial charge in [-0.05, 0) is 12.6 Å². The first kappa shape index (κ1) is 11.2. The Labute approximate surface area is 84.8 Å². The average molecular weight is 198 g/mol. The molecule has 1 amide bonds. The predicted molar refractivity (Wildman–Crippen MR) is 54.9 cm³/mol. The van der Waals surface area contributed by atoms with Gasteiger partial charge in [-0.3, -0.25) is 9.69 Å². The van der Waals surface area contributed by atoms with Crippen molar-refractivity contribution in [3.8, 4) is 0 Å². The van der Waals surface area contributed by atoms with Crippen molar-refractivity contribution in [2.75, 3.05) is 32.8 Å². The highest BCUT2D eigenvalue weighted by Gasteiger charge is 2.26. The first-order valence-electron chi connectivity index (χ1n) is 4.99. The lowest BCUT2D eigenvalue weighted by molar-refractivity contribution is -0.129. The van der Waals surface area contributed by atoms with Crippen LogP contribution in [0.4, 0.5) is 0 Å². The molecule has 1 heterocycles. The summed E-state index contributed by atoms with van der Waals surface area (Å²) in [5.74, 6) is -0.0424. The fourth-order valence-electron chi connectivity index (χ4n) is 1.81. The highest BCUT2D eigenvalue weighted by molar-refractivity contribution is 5.87. The Morgan fingerprint density at radius 1 is 1.64 bits per heavy atom. The van der Waals surface area contributed by atoms with Crippen LogP contribution in [0, 0.1) is 0 Å². The van der Waals surface area contributed by atoms with Gasteiger partial charge in [0.05, 0.1) is 12.6 Å². The fourth-order valence-corrected chi connectivity index (χ4v) is 1.81. The maximum Gasteiger partial charge on any atom is 0.246 e. The van der Waals surface area contributed by atoms with E-state index >= 15 is 0 Å². The first-order valence-corrected chi connectivity index (χ1v) is 4.99. The molecule has 1 rings (SSSR count). The number of carbonyl (C=O) groups excluding carboxylic acids is 1. The zero-order valence-electron chi connectivity index (χ0n) is 8.65. The van der Waals surface area contributed by atoms with Gasteiger partial charge in [-0.2, -0.15) is 0 Å². The van der Waals surface area contributed by atoms with Gasteiger partial charge in [0.2, 0.25) is 5.91 Å². The third-order valence-electron chi connectivity index (χ3n) is 2.71. The summed E-state index contributed by atoms with van der Waals surface area (Å²) in [4.78, 5) is 15.3. The molecule has 0 aromatic rings. The fraction of sp³-hybridized carbons (Fsp3) is 0.700. The van der Waals surface area contributed by atoms with Crippen molar-refractivity contribution in [3.05, 3.63) is 12.7 Å². The van der Waals surface area contributed by atoms with Gasteiger partial charge in [0, 0.05) is 19.6 Å². The molecule has 1 unspecified atom stereocenters. The van der Waals surface area contributed by atoms with E-state index < -0.39 is 0 Å². The zero-order valence-corrected chi connectivity index (χ0v) is 8.65. The van der Waals surface area contributed by atoms with Crippen LogP contribution in [0.5, 0.6) is 0 Å². The van der Waals surface area contributed by atoms with Crippen molar-refractivity contribution in [1.82, 2.24) is 9.80 Å². The maximum atomic E-state index is 11.3. The average Bonchev–Trinajstić information content (AvgIpc) is 2.26. The van der Waals surface area contributed by atoms with E-state index in [0.29, 0.717) is 6.54 Å². The summed E-state index contributed by atoms with van der Waals surface area (Å²) >= 11 is 0. The van der Waals surface area contributed by atoms with Crippen molar-refractivity contribution in [1.29, 1.82) is 0 Å². The number of nitrogens with zero attached hydrogens (tertiary/aromatic N) is 2. The summed E-state index contributed by atoms with van der Waals surface area (Å²) in [6, 6.07) is 0.0812. The van der Waals surface area contributed by atoms with Crippen molar-refractivity contribution in [2.24, 2.45) is 0 Å². The summed E-state index contributed by atoms with van der Waals surface area (Å²) in [6.07, 6.45) is 1.33. The minimum Gasteiger partial charge on any atom is -0.395 e. The minimum absolute atomic E-state index is 0.0424. The SMILES string of the molecule is C=CC(=O)N1CCN(CC)C(CO)C1. The van der Waals surface area contributed by atoms with E-state index in [1.54, 1.807) is 4.90 Å². The van der Waals surface area contributed by atoms with Crippen LogP contribution in [0.15, 0.2) is 12.7 Å². The number of piperazine rings is 1. The van der Waals surface area contributed by atoms with Crippen molar-refractivity contribution in [3.63, 3.8) is 0 Å². The van der Waals surface area contributed by atoms with Crippen molar-refractivity contribution >= 4 is 5.91 Å². The third-order valence-corrected chi connectivity index (χ3v) is 2.71. The molecule has 4 nitrogen and oxygen atoms in total. The Morgan fingerprint density at radius 3 is 2.86 bits per heavy atom. The van der Waals surface area contributed by atoms with E-state index in [-0.39, 0.29) is 18.6 Å². The zero-order chi connectivity index (χ0) is 10.6. The quantitative estimate of drug-likeness (QED) is 0.633. The van der Waals surface area contributed by atoms with E-state index in [2.05, 4.69) is 18.4 Å². The molecule has 80 valence electrons. The van der Waals surface area contributed by atoms with Crippen LogP contribution in [0.3, 0.4) is 0 Å². The molecular formula is C10H18N2O2. The maximum absolute atomic E-state index is 11.3. The normalized spacial score (nSPS) is 23.6. The minimum atomic E-state index is -0.0424. The lowest BCUT2D eigenvalue weighted by Crippen LogP contribution is -2.55. The molecule has 0 bridgehead atoms. The van der Waals surface area contributed by atoms with Gasteiger partial charge in [0.15, 0.2) is 0 Å². The van der Waals surface area contributed by atoms with Crippen LogP contribution < -0.4 is 0 Å². The van der Waals surface area contributed by atoms with Gasteiger partial charge in [0.1, 0.15) is 0 Å². The second-order valence-corrected chi connectivity index (χ2v) is 3.45. The van der Waals surface area contributed by atoms with Crippen LogP contribution in [0.25, 0.3) is 0 Å². The van der Waals surface area contributed by atoms with Gasteiger partial charge in [0.25, 0.3) is 0 Å². The van der Waals surface area contributed by atoms with Crippen LogP contribution in [0.1, 0.15) is 6.92 Å². The predicted octanol–water partition coefficient (Wildman–Crippen LogP) is -0.303. The highest BCUT2D eigenvalue weighted by Crippen LogP contribution is 2.09. The Bertz CT molecular complexity index is 218. The monoisotopic (exact) mass is 198 g/mol. The first-order chi connectivity index (χ1) is 6.72. The van der Waals surface area contributed by atoms with E-state index in [0.717, 1.165) is 19.6 Å². The summed E-state index contributed by atoms with van der Waals surface area (Å²) in [5, 5.41) is 9.16. The highest BCUT2D eigenvalue weighted by atomic mass is 16.3. The van der Waals surface area contributed by atoms with Gasteiger partial charge in [-0.1, -0.05) is 13.5 Å². The van der Waals surface area contributed by atoms with Crippen LogP contribution in [-0.4, -0.2) is 59.6 Å². The molecule has 14 heavy (non-hydrogen) atoms. The number of rotatable bonds is 3. The van der Waals surface area contributed by atoms with Gasteiger partial charge in [-0.25, -0.2) is 0 Å². The van der Waals surface area contributed by atoms with E-state index in [4.69, 9.17) is 5.11 Å². The van der Waals surface area contributed by atoms with E-state index in [1.165, 1.54) is 6.08 Å². The lowest BCUT2D eigenvalue weighted by atomic mass is 10.1. The second-order valence-electron chi connectivity index (χ2n) is 3.45. The molecular weight excluding hydrogens is 180 g/mol. The smallest absolute Gasteiger partial charge is 0.246 e. The molecule has 1 saturated heterocycles. The summed E-state index contributed by atoms with van der Waals surface area (Å²) in [6.45, 7) is 8.72. The summed E-state index contributed by atoms with van der Waals surface area (Å²) in [5.41, 5.74) is 0. The summed E-state index contributed by atoms with van der Waals surface area (Å²) in [7, 11) is 0. The van der Waals surface area contributed by atoms with Crippen molar-refractivity contribution in [2.45, 2.75) is 13.0 Å². The molecule has 0 aromatic carbocycles. The molecule has 1 fully saturated rings. The van der Waals surface area contributed by atoms with Crippen LogP contribution in [0.2, 0.25) is 0 Å². The third kappa shape index (κ3) is 2.33. The molecule has 1 N–H and O–H groups in total. The molecule has 1 atom stereocenters. The molecule has 0 aromatic heterocycles. The largest absolute Gasteiger partial charge is 0.395 e. The Kier molecular flexibility index (Phi) is 4.10. The molecule has 4 heteroatoms. The lowest BCUT2D eigenvalue weighted by Gasteiger charge is -2.39. The van der Waals surface area contributed by atoms with Gasteiger partial charge in [-0.15, -0.1) is 0 Å². The van der Waals surface area contributed by atoms with E-state index in [1.807, 2.05) is 0 Å². The number of aliphatic hydroxyl groups is 1. The molecule has 0 spiro atoms. The number of carbonyl (C=O) groups is 1.